The van der Waals surface area contributed by atoms with Gasteiger partial charge in [0.15, 0.2) is 0 Å². The number of halogens is 2. The summed E-state index contributed by atoms with van der Waals surface area (Å²) in [5.41, 5.74) is 1.95. The molecule has 0 saturated carbocycles. The van der Waals surface area contributed by atoms with E-state index >= 15 is 0 Å². The second-order valence-corrected chi connectivity index (χ2v) is 7.51. The van der Waals surface area contributed by atoms with Crippen LogP contribution in [-0.2, 0) is 11.3 Å². The Morgan fingerprint density at radius 2 is 2.11 bits per heavy atom. The summed E-state index contributed by atoms with van der Waals surface area (Å²) in [7, 11) is 0. The summed E-state index contributed by atoms with van der Waals surface area (Å²) in [5, 5.41) is 21.1. The monoisotopic (exact) mass is 423 g/mol. The van der Waals surface area contributed by atoms with Crippen molar-refractivity contribution in [1.29, 1.82) is 5.41 Å². The van der Waals surface area contributed by atoms with Crippen molar-refractivity contribution in [2.45, 2.75) is 26.8 Å². The maximum Gasteiger partial charge on any atom is 0.273 e. The number of hydrogen-bond donors (Lipinski definition) is 5. The van der Waals surface area contributed by atoms with Crippen molar-refractivity contribution in [1.82, 2.24) is 21.3 Å². The highest BCUT2D eigenvalue weighted by Crippen LogP contribution is 2.22. The lowest BCUT2D eigenvalue weighted by Crippen LogP contribution is -2.38. The summed E-state index contributed by atoms with van der Waals surface area (Å²) >= 11 is 12.0. The zero-order chi connectivity index (χ0) is 20.5. The lowest BCUT2D eigenvalue weighted by molar-refractivity contribution is -0.117. The Balaban J connectivity index is 1.96. The molecule has 1 atom stereocenters. The molecule has 1 aromatic rings. The lowest BCUT2D eigenvalue weighted by atomic mass is 10.1. The van der Waals surface area contributed by atoms with Crippen LogP contribution in [0.4, 0.5) is 0 Å². The summed E-state index contributed by atoms with van der Waals surface area (Å²) in [6.45, 7) is 6.71. The molecule has 0 radical (unpaired) electrons. The molecule has 0 aliphatic carbocycles. The third kappa shape index (κ3) is 6.55. The van der Waals surface area contributed by atoms with Gasteiger partial charge in [0, 0.05) is 19.3 Å². The summed E-state index contributed by atoms with van der Waals surface area (Å²) < 4.78 is 0. The van der Waals surface area contributed by atoms with E-state index in [-0.39, 0.29) is 5.91 Å². The minimum atomic E-state index is -0.276. The fourth-order valence-corrected chi connectivity index (χ4v) is 3.18. The smallest absolute Gasteiger partial charge is 0.273 e. The van der Waals surface area contributed by atoms with Crippen molar-refractivity contribution in [3.8, 4) is 0 Å². The molecule has 1 aromatic carbocycles. The molecule has 6 nitrogen and oxygen atoms in total. The second-order valence-electron chi connectivity index (χ2n) is 6.70. The molecule has 0 aromatic heterocycles. The zero-order valence-corrected chi connectivity index (χ0v) is 17.7. The molecular weight excluding hydrogens is 397 g/mol. The molecule has 1 amide bonds. The minimum Gasteiger partial charge on any atom is -0.380 e. The van der Waals surface area contributed by atoms with Crippen LogP contribution in [0.3, 0.4) is 0 Å². The van der Waals surface area contributed by atoms with Gasteiger partial charge in [0.2, 0.25) is 0 Å². The van der Waals surface area contributed by atoms with Crippen LogP contribution in [-0.4, -0.2) is 31.8 Å². The van der Waals surface area contributed by atoms with Crippen molar-refractivity contribution < 1.29 is 4.79 Å². The van der Waals surface area contributed by atoms with Gasteiger partial charge in [-0.25, -0.2) is 0 Å². The van der Waals surface area contributed by atoms with Crippen LogP contribution in [0.2, 0.25) is 10.0 Å². The Morgan fingerprint density at radius 3 is 2.71 bits per heavy atom. The molecule has 1 aliphatic rings. The fourth-order valence-electron chi connectivity index (χ4n) is 2.86. The fraction of sp³-hybridized carbons (Fsp3) is 0.400. The third-order valence-electron chi connectivity index (χ3n) is 4.57. The second kappa shape index (κ2) is 11.1. The van der Waals surface area contributed by atoms with E-state index in [1.165, 1.54) is 6.21 Å². The van der Waals surface area contributed by atoms with Gasteiger partial charge in [-0.2, -0.15) is 0 Å². The van der Waals surface area contributed by atoms with Crippen LogP contribution in [0.1, 0.15) is 25.8 Å². The first kappa shape index (κ1) is 22.3. The van der Waals surface area contributed by atoms with Crippen LogP contribution in [0.25, 0.3) is 0 Å². The molecule has 152 valence electrons. The van der Waals surface area contributed by atoms with E-state index in [1.54, 1.807) is 25.1 Å². The molecule has 1 saturated heterocycles. The van der Waals surface area contributed by atoms with Crippen molar-refractivity contribution in [2.24, 2.45) is 5.92 Å². The highest BCUT2D eigenvalue weighted by Gasteiger charge is 2.18. The number of hydrogen-bond acceptors (Lipinski definition) is 5. The molecule has 1 aliphatic heterocycles. The molecule has 8 heteroatoms. The first-order chi connectivity index (χ1) is 13.4. The summed E-state index contributed by atoms with van der Waals surface area (Å²) in [6.07, 6.45) is 4.05. The van der Waals surface area contributed by atoms with Gasteiger partial charge in [-0.3, -0.25) is 4.79 Å². The van der Waals surface area contributed by atoms with Gasteiger partial charge in [-0.15, -0.1) is 0 Å². The zero-order valence-electron chi connectivity index (χ0n) is 16.2. The maximum absolute atomic E-state index is 12.8. The van der Waals surface area contributed by atoms with Gasteiger partial charge >= 0.3 is 0 Å². The standard InChI is InChI=1S/C20H27Cl2N5O/c1-3-18(25-11-14-4-5-16(21)17(22)8-14)27-20(28)19(13(2)9-23)26-12-15-6-7-24-10-15/h3-5,8-9,15,23-26H,6-7,10-12H2,1-2H3,(H,27,28)/b18-3?,19-13-,23-9?. The Kier molecular flexibility index (Phi) is 8.83. The van der Waals surface area contributed by atoms with Gasteiger partial charge < -0.3 is 26.7 Å². The van der Waals surface area contributed by atoms with E-state index in [9.17, 15) is 4.79 Å². The highest BCUT2D eigenvalue weighted by molar-refractivity contribution is 6.42. The Morgan fingerprint density at radius 1 is 1.32 bits per heavy atom. The van der Waals surface area contributed by atoms with Gasteiger partial charge in [0.25, 0.3) is 5.91 Å². The van der Waals surface area contributed by atoms with Gasteiger partial charge in [0.1, 0.15) is 11.5 Å². The van der Waals surface area contributed by atoms with E-state index < -0.39 is 0 Å². The molecule has 5 N–H and O–H groups in total. The van der Waals surface area contributed by atoms with Crippen LogP contribution in [0, 0.1) is 11.3 Å². The van der Waals surface area contributed by atoms with Crippen LogP contribution in [0.5, 0.6) is 0 Å². The van der Waals surface area contributed by atoms with E-state index in [2.05, 4.69) is 21.3 Å². The quantitative estimate of drug-likeness (QED) is 0.311. The number of nitrogens with one attached hydrogen (secondary N) is 5. The lowest BCUT2D eigenvalue weighted by Gasteiger charge is -2.18. The molecule has 0 bridgehead atoms. The van der Waals surface area contributed by atoms with Crippen LogP contribution in [0.15, 0.2) is 41.4 Å². The topological polar surface area (TPSA) is 89.0 Å². The predicted octanol–water partition coefficient (Wildman–Crippen LogP) is 3.18. The molecule has 1 unspecified atom stereocenters. The van der Waals surface area contributed by atoms with Gasteiger partial charge in [-0.1, -0.05) is 29.3 Å². The van der Waals surface area contributed by atoms with Crippen LogP contribution >= 0.6 is 23.2 Å². The normalized spacial score (nSPS) is 17.7. The summed E-state index contributed by atoms with van der Waals surface area (Å²) in [5.74, 6) is 0.785. The number of carbonyl (C=O) groups is 1. The molecule has 0 spiro atoms. The van der Waals surface area contributed by atoms with E-state index in [1.807, 2.05) is 13.0 Å². The number of amides is 1. The van der Waals surface area contributed by atoms with E-state index in [4.69, 9.17) is 28.6 Å². The van der Waals surface area contributed by atoms with Crippen molar-refractivity contribution >= 4 is 35.3 Å². The predicted molar refractivity (Wildman–Crippen MR) is 116 cm³/mol. The summed E-state index contributed by atoms with van der Waals surface area (Å²) in [6, 6.07) is 5.40. The summed E-state index contributed by atoms with van der Waals surface area (Å²) in [4.78, 5) is 12.8. The number of carbonyl (C=O) groups excluding carboxylic acids is 1. The minimum absolute atomic E-state index is 0.276. The first-order valence-electron chi connectivity index (χ1n) is 9.26. The third-order valence-corrected chi connectivity index (χ3v) is 5.31. The van der Waals surface area contributed by atoms with Crippen molar-refractivity contribution in [3.63, 3.8) is 0 Å². The van der Waals surface area contributed by atoms with E-state index in [0.717, 1.165) is 25.1 Å². The van der Waals surface area contributed by atoms with Crippen molar-refractivity contribution in [2.75, 3.05) is 19.6 Å². The average molecular weight is 424 g/mol. The Labute approximate surface area is 176 Å². The molecule has 1 heterocycles. The van der Waals surface area contributed by atoms with Crippen molar-refractivity contribution in [3.05, 3.63) is 57.0 Å². The average Bonchev–Trinajstić information content (AvgIpc) is 3.21. The molecule has 28 heavy (non-hydrogen) atoms. The maximum atomic E-state index is 12.8. The SMILES string of the molecule is CC=C(NCc1ccc(Cl)c(Cl)c1)NC(=O)/C(NCC1CCNC1)=C(\C)C=N. The largest absolute Gasteiger partial charge is 0.380 e. The van der Waals surface area contributed by atoms with E-state index in [0.29, 0.717) is 46.1 Å². The van der Waals surface area contributed by atoms with Gasteiger partial charge in [-0.05, 0) is 68.6 Å². The molecule has 1 fully saturated rings. The Hall–Kier alpha value is -2.02. The van der Waals surface area contributed by atoms with Gasteiger partial charge in [0.05, 0.1) is 10.0 Å². The highest BCUT2D eigenvalue weighted by atomic mass is 35.5. The Bertz CT molecular complexity index is 770. The number of allylic oxidation sites excluding steroid dienone is 2. The first-order valence-corrected chi connectivity index (χ1v) is 10.0. The van der Waals surface area contributed by atoms with Crippen LogP contribution < -0.4 is 21.3 Å². The number of rotatable bonds is 9. The molecular formula is C20H27Cl2N5O. The molecule has 2 rings (SSSR count). The number of benzene rings is 1.